The molecule has 0 atom stereocenters. The van der Waals surface area contributed by atoms with Crippen molar-refractivity contribution >= 4 is 28.2 Å². The van der Waals surface area contributed by atoms with E-state index in [4.69, 9.17) is 11.0 Å². The molecule has 1 aromatic heterocycles. The first-order valence-electron chi connectivity index (χ1n) is 7.34. The van der Waals surface area contributed by atoms with Gasteiger partial charge in [-0.15, -0.1) is 10.2 Å². The summed E-state index contributed by atoms with van der Waals surface area (Å²) in [5, 5.41) is 21.1. The Labute approximate surface area is 138 Å². The van der Waals surface area contributed by atoms with E-state index >= 15 is 0 Å². The van der Waals surface area contributed by atoms with Crippen LogP contribution in [0.3, 0.4) is 0 Å². The molecule has 0 aliphatic rings. The zero-order chi connectivity index (χ0) is 17.3. The molecule has 0 aliphatic heterocycles. The Bertz CT molecular complexity index is 1000. The number of nitrogens with one attached hydrogen (secondary N) is 1. The van der Waals surface area contributed by atoms with Gasteiger partial charge in [-0.2, -0.15) is 5.26 Å². The first kappa shape index (κ1) is 15.4. The van der Waals surface area contributed by atoms with E-state index in [1.807, 2.05) is 26.0 Å². The Hall–Kier alpha value is -3.46. The van der Waals surface area contributed by atoms with E-state index in [0.29, 0.717) is 22.5 Å². The lowest BCUT2D eigenvalue weighted by Gasteiger charge is -2.14. The molecule has 0 unspecified atom stereocenters. The van der Waals surface area contributed by atoms with Crippen molar-refractivity contribution in [3.05, 3.63) is 58.8 Å². The Morgan fingerprint density at radius 3 is 2.71 bits per heavy atom. The van der Waals surface area contributed by atoms with Crippen LogP contribution in [-0.4, -0.2) is 16.1 Å². The number of aryl methyl sites for hydroxylation is 2. The van der Waals surface area contributed by atoms with Gasteiger partial charge in [0.05, 0.1) is 22.8 Å². The molecule has 0 radical (unpaired) electrons. The molecule has 3 aromatic rings. The van der Waals surface area contributed by atoms with Crippen LogP contribution in [0.5, 0.6) is 0 Å². The lowest BCUT2D eigenvalue weighted by molar-refractivity contribution is 0.0995. The largest absolute Gasteiger partial charge is 0.364 e. The van der Waals surface area contributed by atoms with Gasteiger partial charge in [0.2, 0.25) is 0 Å². The minimum Gasteiger partial charge on any atom is -0.364 e. The maximum atomic E-state index is 11.8. The van der Waals surface area contributed by atoms with Crippen LogP contribution in [0.25, 0.3) is 10.9 Å². The van der Waals surface area contributed by atoms with Gasteiger partial charge in [-0.25, -0.2) is 0 Å². The fourth-order valence-corrected chi connectivity index (χ4v) is 2.67. The number of nitriles is 1. The highest BCUT2D eigenvalue weighted by Gasteiger charge is 2.17. The van der Waals surface area contributed by atoms with Gasteiger partial charge in [-0.1, -0.05) is 17.7 Å². The van der Waals surface area contributed by atoms with E-state index in [-0.39, 0.29) is 5.69 Å². The number of rotatable bonds is 3. The molecule has 1 amide bonds. The fraction of sp³-hybridized carbons (Fsp3) is 0.111. The summed E-state index contributed by atoms with van der Waals surface area (Å²) in [4.78, 5) is 11.8. The third-order valence-electron chi connectivity index (χ3n) is 3.70. The molecule has 0 fully saturated rings. The molecule has 1 heterocycles. The lowest BCUT2D eigenvalue weighted by atomic mass is 10.0. The molecule has 0 spiro atoms. The SMILES string of the molecule is Cc1cc(C)c2nnc(C(N)=O)c(Nc3cccc(C#N)c3)c2c1. The number of carbonyl (C=O) groups is 1. The summed E-state index contributed by atoms with van der Waals surface area (Å²) in [6, 6.07) is 13.0. The molecule has 118 valence electrons. The minimum absolute atomic E-state index is 0.0647. The average molecular weight is 317 g/mol. The molecule has 0 aliphatic carbocycles. The molecule has 6 heteroatoms. The zero-order valence-electron chi connectivity index (χ0n) is 13.3. The average Bonchev–Trinajstić information content (AvgIpc) is 2.55. The van der Waals surface area contributed by atoms with Crippen molar-refractivity contribution in [1.82, 2.24) is 10.2 Å². The summed E-state index contributed by atoms with van der Waals surface area (Å²) in [7, 11) is 0. The minimum atomic E-state index is -0.664. The van der Waals surface area contributed by atoms with Crippen molar-refractivity contribution in [3.8, 4) is 6.07 Å². The maximum absolute atomic E-state index is 11.8. The first-order chi connectivity index (χ1) is 11.5. The second-order valence-electron chi connectivity index (χ2n) is 5.58. The number of amides is 1. The number of hydrogen-bond acceptors (Lipinski definition) is 5. The summed E-state index contributed by atoms with van der Waals surface area (Å²) in [6.07, 6.45) is 0. The van der Waals surface area contributed by atoms with Crippen molar-refractivity contribution < 1.29 is 4.79 Å². The van der Waals surface area contributed by atoms with Crippen molar-refractivity contribution in [2.45, 2.75) is 13.8 Å². The summed E-state index contributed by atoms with van der Waals surface area (Å²) < 4.78 is 0. The summed E-state index contributed by atoms with van der Waals surface area (Å²) in [5.41, 5.74) is 9.90. The second kappa shape index (κ2) is 5.97. The van der Waals surface area contributed by atoms with E-state index in [1.165, 1.54) is 0 Å². The van der Waals surface area contributed by atoms with E-state index in [0.717, 1.165) is 16.5 Å². The van der Waals surface area contributed by atoms with Gasteiger partial charge in [0.1, 0.15) is 0 Å². The van der Waals surface area contributed by atoms with Crippen LogP contribution < -0.4 is 11.1 Å². The van der Waals surface area contributed by atoms with E-state index < -0.39 is 5.91 Å². The molecular formula is C18H15N5O. The van der Waals surface area contributed by atoms with Gasteiger partial charge < -0.3 is 11.1 Å². The van der Waals surface area contributed by atoms with Crippen LogP contribution >= 0.6 is 0 Å². The highest BCUT2D eigenvalue weighted by Crippen LogP contribution is 2.30. The highest BCUT2D eigenvalue weighted by molar-refractivity contribution is 6.06. The Balaban J connectivity index is 2.25. The predicted molar refractivity (Wildman–Crippen MR) is 92.0 cm³/mol. The molecule has 24 heavy (non-hydrogen) atoms. The van der Waals surface area contributed by atoms with Crippen molar-refractivity contribution in [1.29, 1.82) is 5.26 Å². The number of carbonyl (C=O) groups excluding carboxylic acids is 1. The fourth-order valence-electron chi connectivity index (χ4n) is 2.67. The van der Waals surface area contributed by atoms with Crippen LogP contribution in [-0.2, 0) is 0 Å². The van der Waals surface area contributed by atoms with Crippen molar-refractivity contribution in [3.63, 3.8) is 0 Å². The van der Waals surface area contributed by atoms with Gasteiger partial charge in [-0.3, -0.25) is 4.79 Å². The monoisotopic (exact) mass is 317 g/mol. The number of benzene rings is 2. The van der Waals surface area contributed by atoms with E-state index in [1.54, 1.807) is 24.3 Å². The Kier molecular flexibility index (Phi) is 3.84. The number of anilines is 2. The van der Waals surface area contributed by atoms with Crippen molar-refractivity contribution in [2.24, 2.45) is 5.73 Å². The van der Waals surface area contributed by atoms with Gasteiger partial charge in [0.15, 0.2) is 5.69 Å². The summed E-state index contributed by atoms with van der Waals surface area (Å²) in [5.74, 6) is -0.664. The highest BCUT2D eigenvalue weighted by atomic mass is 16.1. The lowest BCUT2D eigenvalue weighted by Crippen LogP contribution is -2.17. The first-order valence-corrected chi connectivity index (χ1v) is 7.34. The standard InChI is InChI=1S/C18H15N5O/c1-10-6-11(2)15-14(7-10)16(17(18(20)24)23-22-15)21-13-5-3-4-12(8-13)9-19/h3-8H,1-2H3,(H2,20,24)(H,21,22). The zero-order valence-corrected chi connectivity index (χ0v) is 13.3. The van der Waals surface area contributed by atoms with Crippen LogP contribution in [0.1, 0.15) is 27.2 Å². The third kappa shape index (κ3) is 2.75. The number of nitrogens with zero attached hydrogens (tertiary/aromatic N) is 3. The Morgan fingerprint density at radius 2 is 2.00 bits per heavy atom. The van der Waals surface area contributed by atoms with Crippen LogP contribution in [0.15, 0.2) is 36.4 Å². The van der Waals surface area contributed by atoms with E-state index in [2.05, 4.69) is 21.6 Å². The molecule has 0 bridgehead atoms. The molecule has 3 N–H and O–H groups in total. The number of primary amides is 1. The predicted octanol–water partition coefficient (Wildman–Crippen LogP) is 2.96. The summed E-state index contributed by atoms with van der Waals surface area (Å²) in [6.45, 7) is 3.91. The maximum Gasteiger partial charge on any atom is 0.271 e. The van der Waals surface area contributed by atoms with Crippen LogP contribution in [0.4, 0.5) is 11.4 Å². The van der Waals surface area contributed by atoms with Gasteiger partial charge >= 0.3 is 0 Å². The molecule has 2 aromatic carbocycles. The van der Waals surface area contributed by atoms with Gasteiger partial charge in [0.25, 0.3) is 5.91 Å². The smallest absolute Gasteiger partial charge is 0.271 e. The number of aromatic nitrogens is 2. The molecule has 3 rings (SSSR count). The molecule has 0 saturated heterocycles. The quantitative estimate of drug-likeness (QED) is 0.772. The van der Waals surface area contributed by atoms with Gasteiger partial charge in [-0.05, 0) is 43.7 Å². The normalized spacial score (nSPS) is 10.4. The second-order valence-corrected chi connectivity index (χ2v) is 5.58. The number of hydrogen-bond donors (Lipinski definition) is 2. The molecule has 0 saturated carbocycles. The molecular weight excluding hydrogens is 302 g/mol. The topological polar surface area (TPSA) is 105 Å². The number of nitrogens with two attached hydrogens (primary N) is 1. The van der Waals surface area contributed by atoms with Crippen LogP contribution in [0, 0.1) is 25.2 Å². The van der Waals surface area contributed by atoms with Crippen LogP contribution in [0.2, 0.25) is 0 Å². The summed E-state index contributed by atoms with van der Waals surface area (Å²) >= 11 is 0. The third-order valence-corrected chi connectivity index (χ3v) is 3.70. The Morgan fingerprint density at radius 1 is 1.21 bits per heavy atom. The van der Waals surface area contributed by atoms with E-state index in [9.17, 15) is 4.79 Å². The van der Waals surface area contributed by atoms with Crippen molar-refractivity contribution in [2.75, 3.05) is 5.32 Å². The van der Waals surface area contributed by atoms with Gasteiger partial charge in [0, 0.05) is 11.1 Å². The molecule has 6 nitrogen and oxygen atoms in total. The number of fused-ring (bicyclic) bond motifs is 1.